The number of nitrogens with one attached hydrogen (secondary N) is 1. The van der Waals surface area contributed by atoms with Gasteiger partial charge in [-0.2, -0.15) is 0 Å². The van der Waals surface area contributed by atoms with Crippen molar-refractivity contribution in [1.82, 2.24) is 5.32 Å². The molecule has 0 bridgehead atoms. The summed E-state index contributed by atoms with van der Waals surface area (Å²) in [5.41, 5.74) is 2.22. The summed E-state index contributed by atoms with van der Waals surface area (Å²) in [4.78, 5) is 0. The van der Waals surface area contributed by atoms with Crippen LogP contribution in [-0.4, -0.2) is 29.9 Å². The smallest absolute Gasteiger partial charge is 0.0914 e. The van der Waals surface area contributed by atoms with Gasteiger partial charge in [-0.15, -0.1) is 0 Å². The van der Waals surface area contributed by atoms with Gasteiger partial charge in [-0.05, 0) is 23.5 Å². The molecule has 0 aliphatic rings. The van der Waals surface area contributed by atoms with Crippen molar-refractivity contribution >= 4 is 0 Å². The van der Waals surface area contributed by atoms with E-state index in [0.29, 0.717) is 19.0 Å². The number of benzene rings is 1. The summed E-state index contributed by atoms with van der Waals surface area (Å²) in [5, 5.41) is 21.5. The van der Waals surface area contributed by atoms with E-state index in [2.05, 4.69) is 31.3 Å². The van der Waals surface area contributed by atoms with Gasteiger partial charge in [0.1, 0.15) is 0 Å². The number of hydrogen-bond donors (Lipinski definition) is 3. The first-order valence-electron chi connectivity index (χ1n) is 6.22. The molecule has 0 fully saturated rings. The zero-order valence-corrected chi connectivity index (χ0v) is 10.7. The molecule has 0 saturated heterocycles. The molecular formula is C14H23NO2. The molecule has 96 valence electrons. The van der Waals surface area contributed by atoms with E-state index in [0.717, 1.165) is 12.0 Å². The maximum Gasteiger partial charge on any atom is 0.0914 e. The fourth-order valence-electron chi connectivity index (χ4n) is 1.78. The SMILES string of the molecule is CC(C)Cc1ccc(C(O)CNCCO)cc1. The van der Waals surface area contributed by atoms with Gasteiger partial charge < -0.3 is 15.5 Å². The van der Waals surface area contributed by atoms with Crippen molar-refractivity contribution in [2.75, 3.05) is 19.7 Å². The van der Waals surface area contributed by atoms with Gasteiger partial charge >= 0.3 is 0 Å². The van der Waals surface area contributed by atoms with Crippen LogP contribution in [0.1, 0.15) is 31.1 Å². The van der Waals surface area contributed by atoms with Crippen LogP contribution in [-0.2, 0) is 6.42 Å². The van der Waals surface area contributed by atoms with E-state index in [4.69, 9.17) is 5.11 Å². The minimum Gasteiger partial charge on any atom is -0.395 e. The molecular weight excluding hydrogens is 214 g/mol. The molecule has 0 radical (unpaired) electrons. The standard InChI is InChI=1S/C14H23NO2/c1-11(2)9-12-3-5-13(6-4-12)14(17)10-15-7-8-16/h3-6,11,14-17H,7-10H2,1-2H3. The molecule has 3 heteroatoms. The lowest BCUT2D eigenvalue weighted by Crippen LogP contribution is -2.24. The summed E-state index contributed by atoms with van der Waals surface area (Å²) in [6, 6.07) is 8.10. The highest BCUT2D eigenvalue weighted by atomic mass is 16.3. The Morgan fingerprint density at radius 1 is 1.18 bits per heavy atom. The fourth-order valence-corrected chi connectivity index (χ4v) is 1.78. The molecule has 1 atom stereocenters. The number of hydrogen-bond acceptors (Lipinski definition) is 3. The van der Waals surface area contributed by atoms with Crippen molar-refractivity contribution < 1.29 is 10.2 Å². The highest BCUT2D eigenvalue weighted by Crippen LogP contribution is 2.15. The molecule has 0 saturated carbocycles. The summed E-state index contributed by atoms with van der Waals surface area (Å²) in [6.45, 7) is 5.48. The second kappa shape index (κ2) is 7.43. The Balaban J connectivity index is 2.48. The lowest BCUT2D eigenvalue weighted by molar-refractivity contribution is 0.171. The zero-order chi connectivity index (χ0) is 12.7. The summed E-state index contributed by atoms with van der Waals surface area (Å²) >= 11 is 0. The molecule has 0 aliphatic heterocycles. The van der Waals surface area contributed by atoms with Gasteiger partial charge in [-0.3, -0.25) is 0 Å². The van der Waals surface area contributed by atoms with E-state index in [9.17, 15) is 5.11 Å². The molecule has 1 aromatic carbocycles. The van der Waals surface area contributed by atoms with Crippen LogP contribution < -0.4 is 5.32 Å². The first kappa shape index (κ1) is 14.2. The third-order valence-corrected chi connectivity index (χ3v) is 2.63. The van der Waals surface area contributed by atoms with Crippen LogP contribution >= 0.6 is 0 Å². The van der Waals surface area contributed by atoms with Gasteiger partial charge in [0.05, 0.1) is 12.7 Å². The van der Waals surface area contributed by atoms with E-state index in [1.54, 1.807) is 0 Å². The van der Waals surface area contributed by atoms with Crippen molar-refractivity contribution in [3.63, 3.8) is 0 Å². The van der Waals surface area contributed by atoms with E-state index in [1.807, 2.05) is 12.1 Å². The zero-order valence-electron chi connectivity index (χ0n) is 10.7. The van der Waals surface area contributed by atoms with Crippen LogP contribution in [0.5, 0.6) is 0 Å². The average Bonchev–Trinajstić information content (AvgIpc) is 2.29. The third kappa shape index (κ3) is 5.31. The van der Waals surface area contributed by atoms with Gasteiger partial charge in [0.25, 0.3) is 0 Å². The van der Waals surface area contributed by atoms with Gasteiger partial charge in [0.2, 0.25) is 0 Å². The van der Waals surface area contributed by atoms with Crippen LogP contribution in [0, 0.1) is 5.92 Å². The highest BCUT2D eigenvalue weighted by molar-refractivity contribution is 5.24. The lowest BCUT2D eigenvalue weighted by atomic mass is 10.0. The van der Waals surface area contributed by atoms with E-state index >= 15 is 0 Å². The van der Waals surface area contributed by atoms with Crippen molar-refractivity contribution in [1.29, 1.82) is 0 Å². The van der Waals surface area contributed by atoms with Crippen molar-refractivity contribution in [3.8, 4) is 0 Å². The number of rotatable bonds is 7. The molecule has 0 aromatic heterocycles. The van der Waals surface area contributed by atoms with Gasteiger partial charge in [0.15, 0.2) is 0 Å². The normalized spacial score (nSPS) is 13.0. The number of aliphatic hydroxyl groups excluding tert-OH is 2. The Morgan fingerprint density at radius 2 is 1.82 bits per heavy atom. The Morgan fingerprint density at radius 3 is 2.35 bits per heavy atom. The molecule has 0 heterocycles. The maximum atomic E-state index is 9.88. The van der Waals surface area contributed by atoms with Gasteiger partial charge in [-0.1, -0.05) is 38.1 Å². The third-order valence-electron chi connectivity index (χ3n) is 2.63. The predicted molar refractivity (Wildman–Crippen MR) is 69.9 cm³/mol. The molecule has 0 aliphatic carbocycles. The molecule has 0 amide bonds. The van der Waals surface area contributed by atoms with Gasteiger partial charge in [-0.25, -0.2) is 0 Å². The molecule has 0 spiro atoms. The monoisotopic (exact) mass is 237 g/mol. The van der Waals surface area contributed by atoms with Crippen LogP contribution in [0.15, 0.2) is 24.3 Å². The summed E-state index contributed by atoms with van der Waals surface area (Å²) in [5.74, 6) is 0.650. The van der Waals surface area contributed by atoms with E-state index in [-0.39, 0.29) is 6.61 Å². The fraction of sp³-hybridized carbons (Fsp3) is 0.571. The highest BCUT2D eigenvalue weighted by Gasteiger charge is 2.06. The molecule has 1 aromatic rings. The largest absolute Gasteiger partial charge is 0.395 e. The van der Waals surface area contributed by atoms with Crippen LogP contribution in [0.4, 0.5) is 0 Å². The summed E-state index contributed by atoms with van der Waals surface area (Å²) < 4.78 is 0. The van der Waals surface area contributed by atoms with E-state index < -0.39 is 6.10 Å². The molecule has 3 nitrogen and oxygen atoms in total. The van der Waals surface area contributed by atoms with Crippen molar-refractivity contribution in [2.45, 2.75) is 26.4 Å². The predicted octanol–water partition coefficient (Wildman–Crippen LogP) is 1.50. The first-order chi connectivity index (χ1) is 8.13. The Hall–Kier alpha value is -0.900. The minimum atomic E-state index is -0.505. The maximum absolute atomic E-state index is 9.88. The summed E-state index contributed by atoms with van der Waals surface area (Å²) in [7, 11) is 0. The topological polar surface area (TPSA) is 52.5 Å². The minimum absolute atomic E-state index is 0.0973. The van der Waals surface area contributed by atoms with Gasteiger partial charge in [0, 0.05) is 13.1 Å². The second-order valence-corrected chi connectivity index (χ2v) is 4.78. The Bertz CT molecular complexity index is 309. The van der Waals surface area contributed by atoms with E-state index in [1.165, 1.54) is 5.56 Å². The molecule has 1 rings (SSSR count). The van der Waals surface area contributed by atoms with Crippen molar-refractivity contribution in [2.24, 2.45) is 5.92 Å². The van der Waals surface area contributed by atoms with Crippen LogP contribution in [0.2, 0.25) is 0 Å². The molecule has 1 unspecified atom stereocenters. The quantitative estimate of drug-likeness (QED) is 0.630. The average molecular weight is 237 g/mol. The lowest BCUT2D eigenvalue weighted by Gasteiger charge is -2.12. The van der Waals surface area contributed by atoms with Crippen molar-refractivity contribution in [3.05, 3.63) is 35.4 Å². The first-order valence-corrected chi connectivity index (χ1v) is 6.22. The van der Waals surface area contributed by atoms with Crippen LogP contribution in [0.3, 0.4) is 0 Å². The molecule has 3 N–H and O–H groups in total. The Labute approximate surface area is 103 Å². The summed E-state index contributed by atoms with van der Waals surface area (Å²) in [6.07, 6.45) is 0.564. The number of aliphatic hydroxyl groups is 2. The Kier molecular flexibility index (Phi) is 6.19. The second-order valence-electron chi connectivity index (χ2n) is 4.78. The van der Waals surface area contributed by atoms with Crippen LogP contribution in [0.25, 0.3) is 0 Å². The molecule has 17 heavy (non-hydrogen) atoms.